The molecule has 0 saturated carbocycles. The number of hydrogen-bond donors (Lipinski definition) is 1. The van der Waals surface area contributed by atoms with Crippen LogP contribution in [0.2, 0.25) is 0 Å². The van der Waals surface area contributed by atoms with E-state index in [2.05, 4.69) is 6.07 Å². The predicted octanol–water partition coefficient (Wildman–Crippen LogP) is 3.42. The number of hydrogen-bond acceptors (Lipinski definition) is 2. The minimum Gasteiger partial charge on any atom is -0.481 e. The van der Waals surface area contributed by atoms with Gasteiger partial charge in [0.25, 0.3) is 0 Å². The molecule has 18 heavy (non-hydrogen) atoms. The van der Waals surface area contributed by atoms with Gasteiger partial charge >= 0.3 is 5.97 Å². The Hall–Kier alpha value is -1.82. The van der Waals surface area contributed by atoms with Crippen LogP contribution in [0.5, 0.6) is 0 Å². The Kier molecular flexibility index (Phi) is 4.91. The predicted molar refractivity (Wildman–Crippen MR) is 70.2 cm³/mol. The summed E-state index contributed by atoms with van der Waals surface area (Å²) in [4.78, 5) is 11.5. The molecule has 0 aliphatic rings. The van der Waals surface area contributed by atoms with Crippen molar-refractivity contribution in [2.75, 3.05) is 0 Å². The van der Waals surface area contributed by atoms with Crippen molar-refractivity contribution < 1.29 is 9.90 Å². The molecule has 0 heterocycles. The number of aryl methyl sites for hydroxylation is 1. The molecule has 0 fully saturated rings. The quantitative estimate of drug-likeness (QED) is 0.781. The van der Waals surface area contributed by atoms with Crippen molar-refractivity contribution in [3.63, 3.8) is 0 Å². The third-order valence-corrected chi connectivity index (χ3v) is 3.34. The lowest BCUT2D eigenvalue weighted by molar-refractivity contribution is -0.143. The number of nitriles is 1. The Bertz CT molecular complexity index is 462. The van der Waals surface area contributed by atoms with Crippen molar-refractivity contribution in [1.82, 2.24) is 0 Å². The van der Waals surface area contributed by atoms with Crippen LogP contribution in [-0.4, -0.2) is 11.1 Å². The van der Waals surface area contributed by atoms with Gasteiger partial charge in [0, 0.05) is 6.42 Å². The number of unbranched alkanes of at least 4 members (excludes halogenated alkanes) is 2. The van der Waals surface area contributed by atoms with E-state index in [1.54, 1.807) is 6.92 Å². The van der Waals surface area contributed by atoms with Crippen molar-refractivity contribution in [3.05, 3.63) is 35.4 Å². The van der Waals surface area contributed by atoms with E-state index in [-0.39, 0.29) is 0 Å². The maximum Gasteiger partial charge on any atom is 0.313 e. The van der Waals surface area contributed by atoms with Gasteiger partial charge < -0.3 is 5.11 Å². The molecule has 1 N–H and O–H groups in total. The summed E-state index contributed by atoms with van der Waals surface area (Å²) >= 11 is 0. The minimum atomic E-state index is -0.860. The number of rotatable bonds is 6. The molecule has 0 aliphatic carbocycles. The van der Waals surface area contributed by atoms with E-state index in [1.807, 2.05) is 31.2 Å². The molecule has 1 unspecified atom stereocenters. The number of carboxylic acids is 1. The summed E-state index contributed by atoms with van der Waals surface area (Å²) in [6, 6.07) is 9.73. The highest BCUT2D eigenvalue weighted by Gasteiger charge is 2.34. The molecule has 0 bridgehead atoms. The van der Waals surface area contributed by atoms with E-state index in [1.165, 1.54) is 0 Å². The minimum absolute atomic E-state index is 0.490. The fourth-order valence-corrected chi connectivity index (χ4v) is 2.05. The van der Waals surface area contributed by atoms with Gasteiger partial charge in [0.2, 0.25) is 0 Å². The van der Waals surface area contributed by atoms with Gasteiger partial charge in [0.15, 0.2) is 0 Å². The molecule has 1 rings (SSSR count). The van der Waals surface area contributed by atoms with Crippen LogP contribution in [-0.2, 0) is 10.2 Å². The van der Waals surface area contributed by atoms with Gasteiger partial charge in [-0.25, -0.2) is 0 Å². The summed E-state index contributed by atoms with van der Waals surface area (Å²) in [5.74, 6) is -0.801. The molecule has 0 aliphatic heterocycles. The van der Waals surface area contributed by atoms with E-state index in [4.69, 9.17) is 5.26 Å². The first-order valence-corrected chi connectivity index (χ1v) is 6.18. The smallest absolute Gasteiger partial charge is 0.313 e. The van der Waals surface area contributed by atoms with Crippen molar-refractivity contribution in [2.24, 2.45) is 0 Å². The molecule has 1 aromatic rings. The van der Waals surface area contributed by atoms with Crippen LogP contribution in [0.3, 0.4) is 0 Å². The fraction of sp³-hybridized carbons (Fsp3) is 0.467. The summed E-state index contributed by atoms with van der Waals surface area (Å²) in [6.45, 7) is 3.72. The van der Waals surface area contributed by atoms with E-state index in [0.29, 0.717) is 12.8 Å². The van der Waals surface area contributed by atoms with Gasteiger partial charge in [-0.1, -0.05) is 36.2 Å². The maximum atomic E-state index is 11.5. The monoisotopic (exact) mass is 245 g/mol. The second-order valence-electron chi connectivity index (χ2n) is 4.87. The molecule has 0 radical (unpaired) electrons. The molecule has 0 amide bonds. The molecule has 3 nitrogen and oxygen atoms in total. The van der Waals surface area contributed by atoms with Gasteiger partial charge in [0.05, 0.1) is 11.5 Å². The number of benzene rings is 1. The van der Waals surface area contributed by atoms with Crippen LogP contribution in [0, 0.1) is 18.3 Å². The lowest BCUT2D eigenvalue weighted by Crippen LogP contribution is -2.32. The second-order valence-corrected chi connectivity index (χ2v) is 4.87. The number of carbonyl (C=O) groups is 1. The second kappa shape index (κ2) is 6.20. The highest BCUT2D eigenvalue weighted by atomic mass is 16.4. The first-order chi connectivity index (χ1) is 8.50. The number of carboxylic acid groups (broad SMARTS) is 1. The van der Waals surface area contributed by atoms with Crippen LogP contribution < -0.4 is 0 Å². The standard InChI is InChI=1S/C15H19NO2/c1-12-7-6-8-13(11-12)15(2,14(17)18)9-4-3-5-10-16/h6-8,11H,3-5,9H2,1-2H3,(H,17,18). The van der Waals surface area contributed by atoms with Gasteiger partial charge in [0.1, 0.15) is 0 Å². The van der Waals surface area contributed by atoms with E-state index < -0.39 is 11.4 Å². The SMILES string of the molecule is Cc1cccc(C(C)(CCCCC#N)C(=O)O)c1. The molecular weight excluding hydrogens is 226 g/mol. The Morgan fingerprint density at radius 3 is 2.72 bits per heavy atom. The van der Waals surface area contributed by atoms with E-state index in [9.17, 15) is 9.90 Å². The van der Waals surface area contributed by atoms with E-state index >= 15 is 0 Å². The molecule has 0 saturated heterocycles. The number of nitrogens with zero attached hydrogens (tertiary/aromatic N) is 1. The lowest BCUT2D eigenvalue weighted by Gasteiger charge is -2.25. The first kappa shape index (κ1) is 14.2. The van der Waals surface area contributed by atoms with Crippen molar-refractivity contribution in [3.8, 4) is 6.07 Å². The van der Waals surface area contributed by atoms with Crippen LogP contribution in [0.15, 0.2) is 24.3 Å². The number of aliphatic carboxylic acids is 1. The van der Waals surface area contributed by atoms with Gasteiger partial charge in [-0.05, 0) is 32.3 Å². The fourth-order valence-electron chi connectivity index (χ4n) is 2.05. The Morgan fingerprint density at radius 1 is 1.44 bits per heavy atom. The van der Waals surface area contributed by atoms with Crippen molar-refractivity contribution in [2.45, 2.75) is 44.9 Å². The molecular formula is C15H19NO2. The Balaban J connectivity index is 2.87. The van der Waals surface area contributed by atoms with Crippen LogP contribution in [0.25, 0.3) is 0 Å². The third kappa shape index (κ3) is 3.33. The molecule has 3 heteroatoms. The summed E-state index contributed by atoms with van der Waals surface area (Å²) < 4.78 is 0. The van der Waals surface area contributed by atoms with Crippen LogP contribution in [0.1, 0.15) is 43.7 Å². The maximum absolute atomic E-state index is 11.5. The van der Waals surface area contributed by atoms with Crippen LogP contribution in [0.4, 0.5) is 0 Å². The molecule has 1 atom stereocenters. The van der Waals surface area contributed by atoms with Gasteiger partial charge in [-0.15, -0.1) is 0 Å². The summed E-state index contributed by atoms with van der Waals surface area (Å²) in [5.41, 5.74) is 1.05. The summed E-state index contributed by atoms with van der Waals surface area (Å²) in [5, 5.41) is 18.0. The van der Waals surface area contributed by atoms with E-state index in [0.717, 1.165) is 24.0 Å². The highest BCUT2D eigenvalue weighted by molar-refractivity contribution is 5.80. The lowest BCUT2D eigenvalue weighted by atomic mass is 9.77. The van der Waals surface area contributed by atoms with Crippen LogP contribution >= 0.6 is 0 Å². The average Bonchev–Trinajstić information content (AvgIpc) is 2.34. The summed E-state index contributed by atoms with van der Waals surface area (Å²) in [6.07, 6.45) is 2.56. The van der Waals surface area contributed by atoms with Gasteiger partial charge in [-0.2, -0.15) is 5.26 Å². The topological polar surface area (TPSA) is 61.1 Å². The first-order valence-electron chi connectivity index (χ1n) is 6.18. The normalized spacial score (nSPS) is 13.6. The third-order valence-electron chi connectivity index (χ3n) is 3.34. The molecule has 1 aromatic carbocycles. The van der Waals surface area contributed by atoms with Crippen molar-refractivity contribution in [1.29, 1.82) is 5.26 Å². The largest absolute Gasteiger partial charge is 0.481 e. The highest BCUT2D eigenvalue weighted by Crippen LogP contribution is 2.30. The Labute approximate surface area is 108 Å². The zero-order valence-corrected chi connectivity index (χ0v) is 10.9. The molecule has 96 valence electrons. The summed E-state index contributed by atoms with van der Waals surface area (Å²) in [7, 11) is 0. The molecule has 0 spiro atoms. The zero-order chi connectivity index (χ0) is 13.6. The van der Waals surface area contributed by atoms with Gasteiger partial charge in [-0.3, -0.25) is 4.79 Å². The Morgan fingerprint density at radius 2 is 2.17 bits per heavy atom. The molecule has 0 aromatic heterocycles. The van der Waals surface area contributed by atoms with Crippen molar-refractivity contribution >= 4 is 5.97 Å². The zero-order valence-electron chi connectivity index (χ0n) is 10.9. The average molecular weight is 245 g/mol.